The molecule has 0 heterocycles. The number of hydrazone groups is 1. The van der Waals surface area contributed by atoms with E-state index in [0.29, 0.717) is 5.92 Å². The first-order valence-corrected chi connectivity index (χ1v) is 9.32. The summed E-state index contributed by atoms with van der Waals surface area (Å²) in [4.78, 5) is 20.0. The molecule has 0 radical (unpaired) electrons. The Morgan fingerprint density at radius 2 is 1.52 bits per heavy atom. The van der Waals surface area contributed by atoms with Gasteiger partial charge in [0.1, 0.15) is 9.85 Å². The predicted octanol–water partition coefficient (Wildman–Crippen LogP) is 4.18. The van der Waals surface area contributed by atoms with Crippen molar-refractivity contribution in [2.45, 2.75) is 77.2 Å². The van der Waals surface area contributed by atoms with Crippen molar-refractivity contribution >= 4 is 6.21 Å². The van der Waals surface area contributed by atoms with E-state index >= 15 is 0 Å². The molecule has 1 unspecified atom stereocenters. The zero-order valence-electron chi connectivity index (χ0n) is 14.9. The molecular weight excluding hydrogens is 324 g/mol. The van der Waals surface area contributed by atoms with E-state index in [4.69, 9.17) is 0 Å². The Labute approximate surface area is 148 Å². The molecular formula is C17H28N4O4. The molecule has 140 valence electrons. The summed E-state index contributed by atoms with van der Waals surface area (Å²) < 4.78 is 0. The van der Waals surface area contributed by atoms with Crippen molar-refractivity contribution in [2.24, 2.45) is 16.9 Å². The van der Waals surface area contributed by atoms with E-state index in [1.807, 2.05) is 6.21 Å². The minimum atomic E-state index is -1.02. The van der Waals surface area contributed by atoms with Crippen molar-refractivity contribution in [3.8, 4) is 0 Å². The fourth-order valence-corrected chi connectivity index (χ4v) is 3.82. The fourth-order valence-electron chi connectivity index (χ4n) is 3.82. The third-order valence-electron chi connectivity index (χ3n) is 5.40. The summed E-state index contributed by atoms with van der Waals surface area (Å²) in [5.41, 5.74) is 0. The lowest BCUT2D eigenvalue weighted by Gasteiger charge is -2.29. The molecule has 0 aromatic rings. The minimum Gasteiger partial charge on any atom is -0.256 e. The van der Waals surface area contributed by atoms with Gasteiger partial charge in [0, 0.05) is 6.21 Å². The van der Waals surface area contributed by atoms with E-state index in [-0.39, 0.29) is 12.0 Å². The van der Waals surface area contributed by atoms with Crippen LogP contribution < -0.4 is 0 Å². The maximum Gasteiger partial charge on any atom is 0.576 e. The van der Waals surface area contributed by atoms with Crippen molar-refractivity contribution < 1.29 is 9.85 Å². The number of hydrogen-bond acceptors (Lipinski definition) is 6. The van der Waals surface area contributed by atoms with Crippen LogP contribution in [0.3, 0.4) is 0 Å². The highest BCUT2D eigenvalue weighted by Crippen LogP contribution is 2.29. The van der Waals surface area contributed by atoms with Gasteiger partial charge >= 0.3 is 5.82 Å². The second-order valence-corrected chi connectivity index (χ2v) is 7.20. The molecule has 0 spiro atoms. The smallest absolute Gasteiger partial charge is 0.256 e. The largest absolute Gasteiger partial charge is 0.576 e. The van der Waals surface area contributed by atoms with Gasteiger partial charge in [0.15, 0.2) is 6.20 Å². The Hall–Kier alpha value is -1.99. The van der Waals surface area contributed by atoms with E-state index in [1.54, 1.807) is 0 Å². The van der Waals surface area contributed by atoms with Crippen LogP contribution in [0.5, 0.6) is 0 Å². The summed E-state index contributed by atoms with van der Waals surface area (Å²) in [5, 5.41) is 27.8. The molecule has 0 amide bonds. The summed E-state index contributed by atoms with van der Waals surface area (Å²) >= 11 is 0. The molecule has 2 fully saturated rings. The zero-order valence-corrected chi connectivity index (χ0v) is 14.9. The highest BCUT2D eigenvalue weighted by molar-refractivity contribution is 5.60. The van der Waals surface area contributed by atoms with Crippen LogP contribution in [-0.4, -0.2) is 27.1 Å². The van der Waals surface area contributed by atoms with Gasteiger partial charge in [0.05, 0.1) is 6.04 Å². The third kappa shape index (κ3) is 5.79. The molecule has 0 saturated heterocycles. The van der Waals surface area contributed by atoms with Gasteiger partial charge in [-0.15, -0.1) is 0 Å². The monoisotopic (exact) mass is 352 g/mol. The van der Waals surface area contributed by atoms with Gasteiger partial charge in [-0.1, -0.05) is 45.4 Å². The van der Waals surface area contributed by atoms with Gasteiger partial charge < -0.3 is 0 Å². The zero-order chi connectivity index (χ0) is 18.2. The Kier molecular flexibility index (Phi) is 7.33. The molecule has 1 atom stereocenters. The van der Waals surface area contributed by atoms with Crippen molar-refractivity contribution in [1.29, 1.82) is 0 Å². The normalized spacial score (nSPS) is 21.0. The van der Waals surface area contributed by atoms with Gasteiger partial charge in [-0.2, -0.15) is 5.10 Å². The van der Waals surface area contributed by atoms with E-state index in [0.717, 1.165) is 38.3 Å². The molecule has 2 aliphatic carbocycles. The summed E-state index contributed by atoms with van der Waals surface area (Å²) in [5.74, 6) is -0.164. The SMILES string of the molecule is CC(/C=N/N(C=C([N+](=O)[O-])[N+](=O)[O-])C1CCCCC1)C1CCCCC1. The van der Waals surface area contributed by atoms with Gasteiger partial charge in [-0.25, -0.2) is 0 Å². The average molecular weight is 352 g/mol. The van der Waals surface area contributed by atoms with Crippen molar-refractivity contribution in [3.63, 3.8) is 0 Å². The molecule has 2 aliphatic rings. The van der Waals surface area contributed by atoms with E-state index in [2.05, 4.69) is 12.0 Å². The van der Waals surface area contributed by atoms with E-state index < -0.39 is 15.7 Å². The second-order valence-electron chi connectivity index (χ2n) is 7.20. The topological polar surface area (TPSA) is 102 Å². The molecule has 2 saturated carbocycles. The minimum absolute atomic E-state index is 0.00143. The first-order valence-electron chi connectivity index (χ1n) is 9.32. The summed E-state index contributed by atoms with van der Waals surface area (Å²) in [6.45, 7) is 2.12. The standard InChI is InChI=1S/C17H28N4O4/c1-14(15-8-4-2-5-9-15)12-18-19(16-10-6-3-7-11-16)13-17(20(22)23)21(24)25/h12-16H,2-11H2,1H3/b18-12+. The lowest BCUT2D eigenvalue weighted by molar-refractivity contribution is -0.617. The molecule has 8 nitrogen and oxygen atoms in total. The Balaban J connectivity index is 2.15. The van der Waals surface area contributed by atoms with Crippen LogP contribution >= 0.6 is 0 Å². The predicted molar refractivity (Wildman–Crippen MR) is 95.0 cm³/mol. The van der Waals surface area contributed by atoms with Crippen LogP contribution in [0.1, 0.15) is 71.1 Å². The van der Waals surface area contributed by atoms with Crippen molar-refractivity contribution in [3.05, 3.63) is 32.2 Å². The lowest BCUT2D eigenvalue weighted by atomic mass is 9.81. The van der Waals surface area contributed by atoms with Crippen LogP contribution in [0, 0.1) is 32.1 Å². The summed E-state index contributed by atoms with van der Waals surface area (Å²) in [6.07, 6.45) is 13.8. The Bertz CT molecular complexity index is 507. The Morgan fingerprint density at radius 1 is 1.00 bits per heavy atom. The van der Waals surface area contributed by atoms with Gasteiger partial charge in [0.2, 0.25) is 0 Å². The highest BCUT2D eigenvalue weighted by Gasteiger charge is 2.30. The van der Waals surface area contributed by atoms with Crippen molar-refractivity contribution in [1.82, 2.24) is 5.01 Å². The van der Waals surface area contributed by atoms with Gasteiger partial charge in [-0.05, 0) is 37.5 Å². The summed E-state index contributed by atoms with van der Waals surface area (Å²) in [7, 11) is 0. The first kappa shape index (κ1) is 19.3. The maximum atomic E-state index is 11.0. The van der Waals surface area contributed by atoms with Gasteiger partial charge in [-0.3, -0.25) is 25.2 Å². The summed E-state index contributed by atoms with van der Waals surface area (Å²) in [6, 6.07) is -0.00143. The Morgan fingerprint density at radius 3 is 2.04 bits per heavy atom. The number of hydrogen-bond donors (Lipinski definition) is 0. The molecule has 0 N–H and O–H groups in total. The molecule has 25 heavy (non-hydrogen) atoms. The van der Waals surface area contributed by atoms with Crippen LogP contribution in [-0.2, 0) is 0 Å². The van der Waals surface area contributed by atoms with Crippen molar-refractivity contribution in [2.75, 3.05) is 0 Å². The fraction of sp³-hybridized carbons (Fsp3) is 0.824. The maximum absolute atomic E-state index is 11.0. The van der Waals surface area contributed by atoms with E-state index in [1.165, 1.54) is 37.1 Å². The number of nitrogens with zero attached hydrogens (tertiary/aromatic N) is 4. The molecule has 8 heteroatoms. The third-order valence-corrected chi connectivity index (χ3v) is 5.40. The lowest BCUT2D eigenvalue weighted by Crippen LogP contribution is -2.31. The van der Waals surface area contributed by atoms with Crippen LogP contribution in [0.2, 0.25) is 0 Å². The number of rotatable bonds is 7. The molecule has 2 rings (SSSR count). The van der Waals surface area contributed by atoms with Crippen LogP contribution in [0.25, 0.3) is 0 Å². The molecule has 0 bridgehead atoms. The molecule has 0 aliphatic heterocycles. The quantitative estimate of drug-likeness (QED) is 0.388. The van der Waals surface area contributed by atoms with Gasteiger partial charge in [0.25, 0.3) is 0 Å². The van der Waals surface area contributed by atoms with Crippen LogP contribution in [0.4, 0.5) is 0 Å². The molecule has 0 aromatic carbocycles. The first-order chi connectivity index (χ1) is 12.0. The van der Waals surface area contributed by atoms with Crippen LogP contribution in [0.15, 0.2) is 17.1 Å². The highest BCUT2D eigenvalue weighted by atomic mass is 16.7. The average Bonchev–Trinajstić information content (AvgIpc) is 2.62. The van der Waals surface area contributed by atoms with E-state index in [9.17, 15) is 20.2 Å². The second kappa shape index (κ2) is 9.48. The molecule has 0 aromatic heterocycles. The number of nitro groups is 2.